The summed E-state index contributed by atoms with van der Waals surface area (Å²) in [6.45, 7) is 3.88. The van der Waals surface area contributed by atoms with Gasteiger partial charge in [0.2, 0.25) is 0 Å². The van der Waals surface area contributed by atoms with Crippen LogP contribution in [0.25, 0.3) is 0 Å². The molecular formula is C23H25N7O3. The Morgan fingerprint density at radius 2 is 1.91 bits per heavy atom. The third-order valence-electron chi connectivity index (χ3n) is 5.76. The van der Waals surface area contributed by atoms with Gasteiger partial charge in [-0.05, 0) is 48.9 Å². The fourth-order valence-electron chi connectivity index (χ4n) is 3.87. The summed E-state index contributed by atoms with van der Waals surface area (Å²) in [5.74, 6) is -0.365. The number of amides is 1. The van der Waals surface area contributed by atoms with E-state index in [4.69, 9.17) is 0 Å². The first-order valence-corrected chi connectivity index (χ1v) is 10.6. The number of hydrogen-bond donors (Lipinski definition) is 4. The first-order valence-electron chi connectivity index (χ1n) is 10.6. The zero-order valence-corrected chi connectivity index (χ0v) is 18.2. The lowest BCUT2D eigenvalue weighted by atomic mass is 9.95. The van der Waals surface area contributed by atoms with Gasteiger partial charge in [-0.25, -0.2) is 10.9 Å². The third kappa shape index (κ3) is 4.97. The lowest BCUT2D eigenvalue weighted by molar-refractivity contribution is -0.384. The second-order valence-electron chi connectivity index (χ2n) is 7.97. The summed E-state index contributed by atoms with van der Waals surface area (Å²) in [6, 6.07) is 13.5. The van der Waals surface area contributed by atoms with Crippen LogP contribution in [0, 0.1) is 16.0 Å². The summed E-state index contributed by atoms with van der Waals surface area (Å²) in [6.07, 6.45) is 4.76. The molecule has 3 aromatic rings. The summed E-state index contributed by atoms with van der Waals surface area (Å²) in [4.78, 5) is 32.4. The van der Waals surface area contributed by atoms with Gasteiger partial charge in [-0.1, -0.05) is 13.0 Å². The normalized spacial score (nSPS) is 20.7. The zero-order valence-electron chi connectivity index (χ0n) is 18.2. The SMILES string of the molecule is CC(Nc1ccc(C(=O)NC2NNC(c3ccncc3)C2C)cc1[N+](=O)[O-])c1ccccn1. The molecule has 4 rings (SSSR count). The first-order chi connectivity index (χ1) is 15.9. The molecule has 4 N–H and O–H groups in total. The number of carbonyl (C=O) groups is 1. The van der Waals surface area contributed by atoms with Crippen molar-refractivity contribution in [3.63, 3.8) is 0 Å². The van der Waals surface area contributed by atoms with Crippen molar-refractivity contribution in [1.82, 2.24) is 26.1 Å². The Morgan fingerprint density at radius 3 is 2.61 bits per heavy atom. The molecule has 1 saturated heterocycles. The van der Waals surface area contributed by atoms with E-state index in [0.29, 0.717) is 5.69 Å². The minimum absolute atomic E-state index is 0.00713. The molecule has 1 fully saturated rings. The number of benzene rings is 1. The molecule has 33 heavy (non-hydrogen) atoms. The highest BCUT2D eigenvalue weighted by Gasteiger charge is 2.34. The lowest BCUT2D eigenvalue weighted by Crippen LogP contribution is -2.46. The van der Waals surface area contributed by atoms with E-state index in [1.165, 1.54) is 6.07 Å². The van der Waals surface area contributed by atoms with E-state index >= 15 is 0 Å². The van der Waals surface area contributed by atoms with Crippen LogP contribution >= 0.6 is 0 Å². The van der Waals surface area contributed by atoms with Crippen molar-refractivity contribution in [3.8, 4) is 0 Å². The molecule has 1 aromatic carbocycles. The van der Waals surface area contributed by atoms with E-state index in [1.807, 2.05) is 38.1 Å². The van der Waals surface area contributed by atoms with Crippen LogP contribution in [0.2, 0.25) is 0 Å². The summed E-state index contributed by atoms with van der Waals surface area (Å²) in [5.41, 5.74) is 8.44. The lowest BCUT2D eigenvalue weighted by Gasteiger charge is -2.20. The fraction of sp³-hybridized carbons (Fsp3) is 0.261. The number of anilines is 1. The first kappa shape index (κ1) is 22.3. The number of nitrogens with one attached hydrogen (secondary N) is 4. The average Bonchev–Trinajstić information content (AvgIpc) is 3.20. The summed E-state index contributed by atoms with van der Waals surface area (Å²) < 4.78 is 0. The molecule has 3 heterocycles. The van der Waals surface area contributed by atoms with Crippen molar-refractivity contribution >= 4 is 17.3 Å². The number of nitro groups is 1. The van der Waals surface area contributed by atoms with E-state index in [0.717, 1.165) is 11.3 Å². The second kappa shape index (κ2) is 9.72. The van der Waals surface area contributed by atoms with Crippen LogP contribution in [0.1, 0.15) is 47.5 Å². The zero-order chi connectivity index (χ0) is 23.4. The molecule has 170 valence electrons. The Hall–Kier alpha value is -3.89. The number of aromatic nitrogens is 2. The number of nitrogens with zero attached hydrogens (tertiary/aromatic N) is 3. The molecule has 0 aliphatic carbocycles. The predicted molar refractivity (Wildman–Crippen MR) is 123 cm³/mol. The minimum Gasteiger partial charge on any atom is -0.371 e. The van der Waals surface area contributed by atoms with Crippen LogP contribution in [-0.2, 0) is 0 Å². The second-order valence-corrected chi connectivity index (χ2v) is 7.97. The number of nitro benzene ring substituents is 1. The number of pyridine rings is 2. The van der Waals surface area contributed by atoms with Gasteiger partial charge in [0.1, 0.15) is 5.69 Å². The van der Waals surface area contributed by atoms with Gasteiger partial charge in [0.15, 0.2) is 0 Å². The molecule has 0 radical (unpaired) electrons. The van der Waals surface area contributed by atoms with Crippen LogP contribution in [-0.4, -0.2) is 27.0 Å². The van der Waals surface area contributed by atoms with Crippen molar-refractivity contribution in [2.24, 2.45) is 5.92 Å². The number of hydrazine groups is 1. The largest absolute Gasteiger partial charge is 0.371 e. The van der Waals surface area contributed by atoms with E-state index < -0.39 is 10.8 Å². The van der Waals surface area contributed by atoms with Crippen LogP contribution < -0.4 is 21.5 Å². The quantitative estimate of drug-likeness (QED) is 0.321. The highest BCUT2D eigenvalue weighted by atomic mass is 16.6. The maximum atomic E-state index is 12.9. The van der Waals surface area contributed by atoms with E-state index in [9.17, 15) is 14.9 Å². The molecule has 0 saturated carbocycles. The van der Waals surface area contributed by atoms with Gasteiger partial charge in [-0.15, -0.1) is 0 Å². The molecule has 1 aliphatic heterocycles. The van der Waals surface area contributed by atoms with Gasteiger partial charge >= 0.3 is 0 Å². The Kier molecular flexibility index (Phi) is 6.57. The molecule has 4 unspecified atom stereocenters. The van der Waals surface area contributed by atoms with Crippen molar-refractivity contribution in [1.29, 1.82) is 0 Å². The third-order valence-corrected chi connectivity index (χ3v) is 5.76. The summed E-state index contributed by atoms with van der Waals surface area (Å²) in [5, 5.41) is 17.7. The van der Waals surface area contributed by atoms with Gasteiger partial charge in [-0.3, -0.25) is 24.9 Å². The molecule has 0 spiro atoms. The van der Waals surface area contributed by atoms with Gasteiger partial charge < -0.3 is 10.6 Å². The molecular weight excluding hydrogens is 422 g/mol. The average molecular weight is 447 g/mol. The molecule has 2 aromatic heterocycles. The maximum Gasteiger partial charge on any atom is 0.293 e. The van der Waals surface area contributed by atoms with E-state index in [-0.39, 0.29) is 35.4 Å². The number of hydrogen-bond acceptors (Lipinski definition) is 8. The number of rotatable bonds is 7. The highest BCUT2D eigenvalue weighted by Crippen LogP contribution is 2.30. The minimum atomic E-state index is -0.498. The molecule has 0 bridgehead atoms. The van der Waals surface area contributed by atoms with E-state index in [2.05, 4.69) is 31.5 Å². The maximum absolute atomic E-state index is 12.9. The molecule has 10 heteroatoms. The van der Waals surface area contributed by atoms with Crippen LogP contribution in [0.15, 0.2) is 67.1 Å². The molecule has 10 nitrogen and oxygen atoms in total. The smallest absolute Gasteiger partial charge is 0.293 e. The topological polar surface area (TPSA) is 134 Å². The van der Waals surface area contributed by atoms with Gasteiger partial charge in [-0.2, -0.15) is 0 Å². The predicted octanol–water partition coefficient (Wildman–Crippen LogP) is 3.10. The van der Waals surface area contributed by atoms with Crippen molar-refractivity contribution in [2.75, 3.05) is 5.32 Å². The van der Waals surface area contributed by atoms with Crippen molar-refractivity contribution < 1.29 is 9.72 Å². The van der Waals surface area contributed by atoms with Gasteiger partial charge in [0.05, 0.1) is 28.9 Å². The molecule has 1 aliphatic rings. The standard InChI is InChI=1S/C23H25N7O3/c1-14-21(16-8-11-24-12-9-16)28-29-22(14)27-23(31)17-6-7-19(20(13-17)30(32)33)26-15(2)18-5-3-4-10-25-18/h3-15,21-22,26,28-29H,1-2H3,(H,27,31). The van der Waals surface area contributed by atoms with E-state index in [1.54, 1.807) is 36.8 Å². The Balaban J connectivity index is 1.47. The van der Waals surface area contributed by atoms with Crippen LogP contribution in [0.3, 0.4) is 0 Å². The number of carbonyl (C=O) groups excluding carboxylic acids is 1. The van der Waals surface area contributed by atoms with Crippen molar-refractivity contribution in [2.45, 2.75) is 32.1 Å². The summed E-state index contributed by atoms with van der Waals surface area (Å²) >= 11 is 0. The van der Waals surface area contributed by atoms with Crippen LogP contribution in [0.5, 0.6) is 0 Å². The Bertz CT molecular complexity index is 1130. The summed E-state index contributed by atoms with van der Waals surface area (Å²) in [7, 11) is 0. The highest BCUT2D eigenvalue weighted by molar-refractivity contribution is 5.96. The Morgan fingerprint density at radius 1 is 1.12 bits per heavy atom. The van der Waals surface area contributed by atoms with Crippen molar-refractivity contribution in [3.05, 3.63) is 94.1 Å². The van der Waals surface area contributed by atoms with Gasteiger partial charge in [0.25, 0.3) is 11.6 Å². The molecule has 1 amide bonds. The Labute approximate surface area is 191 Å². The van der Waals surface area contributed by atoms with Gasteiger partial charge in [0, 0.05) is 36.1 Å². The van der Waals surface area contributed by atoms with Crippen LogP contribution in [0.4, 0.5) is 11.4 Å². The fourth-order valence-corrected chi connectivity index (χ4v) is 3.87. The monoisotopic (exact) mass is 447 g/mol. The molecule has 4 atom stereocenters.